The van der Waals surface area contributed by atoms with Crippen molar-refractivity contribution in [3.05, 3.63) is 58.1 Å². The molecule has 2 aromatic carbocycles. The van der Waals surface area contributed by atoms with Gasteiger partial charge in [-0.05, 0) is 42.7 Å². The molecule has 0 bridgehead atoms. The normalized spacial score (nSPS) is 16.5. The highest BCUT2D eigenvalue weighted by Crippen LogP contribution is 2.36. The van der Waals surface area contributed by atoms with Crippen molar-refractivity contribution in [3.8, 4) is 0 Å². The molecule has 0 radical (unpaired) electrons. The van der Waals surface area contributed by atoms with Crippen LogP contribution in [-0.2, 0) is 5.60 Å². The summed E-state index contributed by atoms with van der Waals surface area (Å²) in [5, 5.41) is 22.6. The zero-order chi connectivity index (χ0) is 19.0. The van der Waals surface area contributed by atoms with Crippen LogP contribution in [0.3, 0.4) is 0 Å². The van der Waals surface area contributed by atoms with E-state index in [0.717, 1.165) is 16.5 Å². The van der Waals surface area contributed by atoms with Crippen LogP contribution in [0.1, 0.15) is 18.4 Å². The number of hydrogen-bond donors (Lipinski definition) is 3. The molecule has 0 atom stereocenters. The number of aromatic amines is 1. The molecule has 0 aliphatic carbocycles. The maximum atomic E-state index is 12.6. The topological polar surface area (TPSA) is 81.2 Å². The third-order valence-electron chi connectivity index (χ3n) is 5.03. The van der Waals surface area contributed by atoms with Crippen LogP contribution in [0.25, 0.3) is 10.9 Å². The summed E-state index contributed by atoms with van der Waals surface area (Å²) in [5.41, 5.74) is 0.556. The molecule has 3 N–H and O–H groups in total. The summed E-state index contributed by atoms with van der Waals surface area (Å²) in [6.45, 7) is 0.843. The van der Waals surface area contributed by atoms with E-state index in [-0.39, 0.29) is 6.03 Å². The molecule has 1 aliphatic heterocycles. The minimum absolute atomic E-state index is 0.233. The molecule has 140 valence electrons. The number of piperidine rings is 1. The number of benzene rings is 2. The fraction of sp³-hybridized carbons (Fsp3) is 0.263. The lowest BCUT2D eigenvalue weighted by molar-refractivity contribution is -0.0156. The number of carbonyl (C=O) groups is 1. The highest BCUT2D eigenvalue weighted by molar-refractivity contribution is 6.42. The third-order valence-corrected chi connectivity index (χ3v) is 5.77. The minimum Gasteiger partial charge on any atom is -0.385 e. The van der Waals surface area contributed by atoms with Crippen LogP contribution in [0.15, 0.2) is 42.5 Å². The van der Waals surface area contributed by atoms with Crippen LogP contribution < -0.4 is 5.32 Å². The number of H-pyrrole nitrogens is 1. The van der Waals surface area contributed by atoms with Gasteiger partial charge in [0.1, 0.15) is 0 Å². The number of hydrogen-bond acceptors (Lipinski definition) is 3. The Morgan fingerprint density at radius 1 is 1.15 bits per heavy atom. The van der Waals surface area contributed by atoms with Gasteiger partial charge < -0.3 is 10.0 Å². The third kappa shape index (κ3) is 3.48. The van der Waals surface area contributed by atoms with Crippen molar-refractivity contribution >= 4 is 46.0 Å². The van der Waals surface area contributed by atoms with E-state index in [9.17, 15) is 9.90 Å². The fourth-order valence-corrected chi connectivity index (χ4v) is 3.69. The van der Waals surface area contributed by atoms with Gasteiger partial charge in [-0.1, -0.05) is 41.4 Å². The predicted molar refractivity (Wildman–Crippen MR) is 106 cm³/mol. The lowest BCUT2D eigenvalue weighted by Gasteiger charge is -2.38. The van der Waals surface area contributed by atoms with Crippen LogP contribution in [-0.4, -0.2) is 39.3 Å². The molecule has 0 spiro atoms. The molecule has 27 heavy (non-hydrogen) atoms. The van der Waals surface area contributed by atoms with Gasteiger partial charge in [-0.25, -0.2) is 4.79 Å². The number of nitrogens with zero attached hydrogens (tertiary/aromatic N) is 2. The van der Waals surface area contributed by atoms with E-state index in [1.54, 1.807) is 23.1 Å². The van der Waals surface area contributed by atoms with Gasteiger partial charge in [0.05, 0.1) is 21.2 Å². The van der Waals surface area contributed by atoms with E-state index >= 15 is 0 Å². The number of rotatable bonds is 2. The molecular formula is C19H18Cl2N4O2. The molecular weight excluding hydrogens is 387 g/mol. The zero-order valence-corrected chi connectivity index (χ0v) is 15.9. The Balaban J connectivity index is 1.44. The van der Waals surface area contributed by atoms with Crippen molar-refractivity contribution in [1.82, 2.24) is 15.1 Å². The van der Waals surface area contributed by atoms with Gasteiger partial charge >= 0.3 is 6.03 Å². The number of likely N-dealkylation sites (tertiary alicyclic amines) is 1. The van der Waals surface area contributed by atoms with Crippen molar-refractivity contribution in [3.63, 3.8) is 0 Å². The van der Waals surface area contributed by atoms with E-state index in [1.165, 1.54) is 0 Å². The predicted octanol–water partition coefficient (Wildman–Crippen LogP) is 4.39. The number of urea groups is 1. The Kier molecular flexibility index (Phi) is 4.72. The SMILES string of the molecule is O=C(Nc1n[nH]c2ccccc12)N1CCC(O)(c2ccc(Cl)c(Cl)c2)CC1. The smallest absolute Gasteiger partial charge is 0.323 e. The van der Waals surface area contributed by atoms with Gasteiger partial charge in [0.25, 0.3) is 0 Å². The summed E-state index contributed by atoms with van der Waals surface area (Å²) < 4.78 is 0. The molecule has 2 amide bonds. The largest absolute Gasteiger partial charge is 0.385 e. The Morgan fingerprint density at radius 3 is 2.63 bits per heavy atom. The average Bonchev–Trinajstić information content (AvgIpc) is 3.07. The molecule has 3 aromatic rings. The molecule has 0 saturated carbocycles. The highest BCUT2D eigenvalue weighted by Gasteiger charge is 2.36. The number of anilines is 1. The summed E-state index contributed by atoms with van der Waals surface area (Å²) in [4.78, 5) is 14.3. The summed E-state index contributed by atoms with van der Waals surface area (Å²) in [6.07, 6.45) is 0.833. The van der Waals surface area contributed by atoms with Gasteiger partial charge in [-0.2, -0.15) is 5.10 Å². The first-order valence-corrected chi connectivity index (χ1v) is 9.39. The van der Waals surface area contributed by atoms with E-state index in [4.69, 9.17) is 23.2 Å². The van der Waals surface area contributed by atoms with Gasteiger partial charge in [0.2, 0.25) is 0 Å². The zero-order valence-electron chi connectivity index (χ0n) is 14.4. The summed E-state index contributed by atoms with van der Waals surface area (Å²) in [7, 11) is 0. The number of fused-ring (bicyclic) bond motifs is 1. The molecule has 1 saturated heterocycles. The summed E-state index contributed by atoms with van der Waals surface area (Å²) in [5.74, 6) is 0.501. The lowest BCUT2D eigenvalue weighted by Crippen LogP contribution is -2.46. The second-order valence-electron chi connectivity index (χ2n) is 6.70. The van der Waals surface area contributed by atoms with Crippen molar-refractivity contribution in [2.45, 2.75) is 18.4 Å². The maximum absolute atomic E-state index is 12.6. The Hall–Kier alpha value is -2.28. The monoisotopic (exact) mass is 404 g/mol. The van der Waals surface area contributed by atoms with Crippen LogP contribution in [0.5, 0.6) is 0 Å². The molecule has 6 nitrogen and oxygen atoms in total. The van der Waals surface area contributed by atoms with Gasteiger partial charge in [-0.15, -0.1) is 0 Å². The quantitative estimate of drug-likeness (QED) is 0.592. The molecule has 2 heterocycles. The first-order valence-electron chi connectivity index (χ1n) is 8.63. The maximum Gasteiger partial charge on any atom is 0.323 e. The summed E-state index contributed by atoms with van der Waals surface area (Å²) in [6, 6.07) is 12.5. The van der Waals surface area contributed by atoms with Crippen molar-refractivity contribution in [1.29, 1.82) is 0 Å². The highest BCUT2D eigenvalue weighted by atomic mass is 35.5. The standard InChI is InChI=1S/C19H18Cl2N4O2/c20-14-6-5-12(11-15(14)21)19(27)7-9-25(10-8-19)18(26)22-17-13-3-1-2-4-16(13)23-24-17/h1-6,11,27H,7-10H2,(H2,22,23,24,26). The van der Waals surface area contributed by atoms with Gasteiger partial charge in [-0.3, -0.25) is 10.4 Å². The van der Waals surface area contributed by atoms with E-state index in [2.05, 4.69) is 15.5 Å². The number of para-hydroxylation sites is 1. The Bertz CT molecular complexity index is 996. The first kappa shape index (κ1) is 18.1. The molecule has 8 heteroatoms. The van der Waals surface area contributed by atoms with Gasteiger partial charge in [0.15, 0.2) is 5.82 Å². The van der Waals surface area contributed by atoms with Crippen LogP contribution >= 0.6 is 23.2 Å². The van der Waals surface area contributed by atoms with Crippen LogP contribution in [0, 0.1) is 0 Å². The van der Waals surface area contributed by atoms with Crippen molar-refractivity contribution in [2.24, 2.45) is 0 Å². The molecule has 1 fully saturated rings. The van der Waals surface area contributed by atoms with Crippen molar-refractivity contribution < 1.29 is 9.90 Å². The number of aromatic nitrogens is 2. The summed E-state index contributed by atoms with van der Waals surface area (Å²) >= 11 is 12.0. The Labute approximate surface area is 166 Å². The number of aliphatic hydroxyl groups is 1. The number of nitrogens with one attached hydrogen (secondary N) is 2. The van der Waals surface area contributed by atoms with Crippen LogP contribution in [0.4, 0.5) is 10.6 Å². The molecule has 1 aliphatic rings. The molecule has 0 unspecified atom stereocenters. The average molecular weight is 405 g/mol. The second kappa shape index (κ2) is 7.03. The van der Waals surface area contributed by atoms with Crippen LogP contribution in [0.2, 0.25) is 10.0 Å². The minimum atomic E-state index is -1.02. The molecule has 4 rings (SSSR count). The van der Waals surface area contributed by atoms with E-state index < -0.39 is 5.60 Å². The van der Waals surface area contributed by atoms with Gasteiger partial charge in [0, 0.05) is 18.5 Å². The Morgan fingerprint density at radius 2 is 1.89 bits per heavy atom. The number of halogens is 2. The lowest BCUT2D eigenvalue weighted by atomic mass is 9.84. The van der Waals surface area contributed by atoms with E-state index in [1.807, 2.05) is 24.3 Å². The first-order chi connectivity index (χ1) is 13.0. The van der Waals surface area contributed by atoms with E-state index in [0.29, 0.717) is 41.8 Å². The number of amides is 2. The number of carbonyl (C=O) groups excluding carboxylic acids is 1. The molecule has 1 aromatic heterocycles. The second-order valence-corrected chi connectivity index (χ2v) is 7.51. The fourth-order valence-electron chi connectivity index (χ4n) is 3.39. The van der Waals surface area contributed by atoms with Crippen molar-refractivity contribution in [2.75, 3.05) is 18.4 Å².